The Bertz CT molecular complexity index is 561. The van der Waals surface area contributed by atoms with Crippen molar-refractivity contribution < 1.29 is 0 Å². The summed E-state index contributed by atoms with van der Waals surface area (Å²) in [6.07, 6.45) is 24.1. The Kier molecular flexibility index (Phi) is 2.29. The number of allylic oxidation sites excluding steroid dienone is 12. The van der Waals surface area contributed by atoms with E-state index in [9.17, 15) is 0 Å². The van der Waals surface area contributed by atoms with Crippen LogP contribution in [0.15, 0.2) is 70.9 Å². The Balaban J connectivity index is 1.75. The molecular weight excluding hydrogens is 216 g/mol. The molecule has 90 valence electrons. The van der Waals surface area contributed by atoms with Crippen LogP contribution in [0.1, 0.15) is 25.7 Å². The van der Waals surface area contributed by atoms with E-state index in [1.807, 2.05) is 0 Å². The SMILES string of the molecule is C1=CC2=CC3C=C4CCCCC4=CC3=CC2C=C1. The topological polar surface area (TPSA) is 0 Å². The molecule has 1 saturated carbocycles. The number of hydrogen-bond acceptors (Lipinski definition) is 0. The van der Waals surface area contributed by atoms with E-state index in [1.165, 1.54) is 36.8 Å². The minimum atomic E-state index is 0.511. The Morgan fingerprint density at radius 3 is 2.56 bits per heavy atom. The smallest absolute Gasteiger partial charge is 0.0207 e. The largest absolute Gasteiger partial charge is 0.0732 e. The fourth-order valence-corrected chi connectivity index (χ4v) is 3.53. The van der Waals surface area contributed by atoms with Crippen molar-refractivity contribution in [2.45, 2.75) is 25.7 Å². The molecule has 0 aromatic rings. The maximum Gasteiger partial charge on any atom is 0.0207 e. The molecule has 2 atom stereocenters. The minimum absolute atomic E-state index is 0.511. The van der Waals surface area contributed by atoms with E-state index in [0.29, 0.717) is 11.8 Å². The number of rotatable bonds is 0. The van der Waals surface area contributed by atoms with Gasteiger partial charge in [-0.15, -0.1) is 0 Å². The Hall–Kier alpha value is -1.56. The van der Waals surface area contributed by atoms with Gasteiger partial charge >= 0.3 is 0 Å². The Morgan fingerprint density at radius 2 is 1.61 bits per heavy atom. The highest BCUT2D eigenvalue weighted by Crippen LogP contribution is 2.41. The van der Waals surface area contributed by atoms with Gasteiger partial charge < -0.3 is 0 Å². The molecule has 1 fully saturated rings. The third-order valence-corrected chi connectivity index (χ3v) is 4.51. The average molecular weight is 234 g/mol. The molecule has 18 heavy (non-hydrogen) atoms. The van der Waals surface area contributed by atoms with Gasteiger partial charge in [-0.05, 0) is 48.0 Å². The van der Waals surface area contributed by atoms with Gasteiger partial charge in [0, 0.05) is 11.8 Å². The molecule has 0 nitrogen and oxygen atoms in total. The summed E-state index contributed by atoms with van der Waals surface area (Å²) in [5.74, 6) is 1.04. The molecule has 0 spiro atoms. The van der Waals surface area contributed by atoms with Crippen LogP contribution in [0.2, 0.25) is 0 Å². The van der Waals surface area contributed by atoms with Crippen LogP contribution in [0.3, 0.4) is 0 Å². The summed E-state index contributed by atoms with van der Waals surface area (Å²) in [7, 11) is 0. The van der Waals surface area contributed by atoms with Crippen molar-refractivity contribution in [1.82, 2.24) is 0 Å². The zero-order valence-corrected chi connectivity index (χ0v) is 10.6. The van der Waals surface area contributed by atoms with Crippen LogP contribution in [0.5, 0.6) is 0 Å². The summed E-state index contributed by atoms with van der Waals surface area (Å²) in [5, 5.41) is 0. The van der Waals surface area contributed by atoms with Crippen LogP contribution in [-0.4, -0.2) is 0 Å². The highest BCUT2D eigenvalue weighted by atomic mass is 14.3. The zero-order chi connectivity index (χ0) is 11.9. The molecule has 4 aliphatic rings. The van der Waals surface area contributed by atoms with E-state index in [1.54, 1.807) is 11.1 Å². The standard InChI is InChI=1S/C18H18/c1-2-6-14-10-18-12-16-8-4-3-7-15(16)11-17(18)9-13(14)5-1/h1-2,5-6,9-13,18H,3-4,7-8H2. The molecule has 0 heterocycles. The third-order valence-electron chi connectivity index (χ3n) is 4.51. The third kappa shape index (κ3) is 1.59. The van der Waals surface area contributed by atoms with E-state index in [-0.39, 0.29) is 0 Å². The van der Waals surface area contributed by atoms with Crippen molar-refractivity contribution in [1.29, 1.82) is 0 Å². The van der Waals surface area contributed by atoms with Crippen molar-refractivity contribution in [3.63, 3.8) is 0 Å². The van der Waals surface area contributed by atoms with Gasteiger partial charge in [0.05, 0.1) is 0 Å². The van der Waals surface area contributed by atoms with E-state index in [2.05, 4.69) is 48.6 Å². The second kappa shape index (κ2) is 3.98. The predicted octanol–water partition coefficient (Wildman–Crippen LogP) is 4.65. The average Bonchev–Trinajstić information content (AvgIpc) is 2.42. The summed E-state index contributed by atoms with van der Waals surface area (Å²) in [4.78, 5) is 0. The van der Waals surface area contributed by atoms with Gasteiger partial charge in [0.15, 0.2) is 0 Å². The predicted molar refractivity (Wildman–Crippen MR) is 76.1 cm³/mol. The van der Waals surface area contributed by atoms with Crippen molar-refractivity contribution >= 4 is 0 Å². The first-order valence-electron chi connectivity index (χ1n) is 7.10. The molecule has 0 saturated heterocycles. The second-order valence-electron chi connectivity index (χ2n) is 5.70. The summed E-state index contributed by atoms with van der Waals surface area (Å²) < 4.78 is 0. The quantitative estimate of drug-likeness (QED) is 0.572. The lowest BCUT2D eigenvalue weighted by Crippen LogP contribution is -2.15. The van der Waals surface area contributed by atoms with Gasteiger partial charge in [-0.3, -0.25) is 0 Å². The van der Waals surface area contributed by atoms with Crippen LogP contribution in [0, 0.1) is 11.8 Å². The van der Waals surface area contributed by atoms with Gasteiger partial charge in [-0.2, -0.15) is 0 Å². The molecule has 0 radical (unpaired) electrons. The van der Waals surface area contributed by atoms with E-state index in [0.717, 1.165) is 0 Å². The molecule has 0 amide bonds. The minimum Gasteiger partial charge on any atom is -0.0732 e. The molecule has 0 aromatic heterocycles. The molecule has 0 aromatic carbocycles. The fraction of sp³-hybridized carbons (Fsp3) is 0.333. The maximum absolute atomic E-state index is 2.51. The molecule has 0 bridgehead atoms. The molecule has 4 aliphatic carbocycles. The van der Waals surface area contributed by atoms with Gasteiger partial charge in [0.25, 0.3) is 0 Å². The highest BCUT2D eigenvalue weighted by molar-refractivity contribution is 5.53. The van der Waals surface area contributed by atoms with Crippen molar-refractivity contribution in [2.24, 2.45) is 11.8 Å². The van der Waals surface area contributed by atoms with Crippen molar-refractivity contribution in [3.8, 4) is 0 Å². The fourth-order valence-electron chi connectivity index (χ4n) is 3.53. The van der Waals surface area contributed by atoms with Crippen LogP contribution in [-0.2, 0) is 0 Å². The molecule has 0 aliphatic heterocycles. The maximum atomic E-state index is 2.51. The summed E-state index contributed by atoms with van der Waals surface area (Å²) in [6.45, 7) is 0. The Labute approximate surface area is 109 Å². The van der Waals surface area contributed by atoms with Gasteiger partial charge in [-0.25, -0.2) is 0 Å². The first-order chi connectivity index (χ1) is 8.90. The van der Waals surface area contributed by atoms with E-state index >= 15 is 0 Å². The second-order valence-corrected chi connectivity index (χ2v) is 5.70. The normalized spacial score (nSPS) is 32.4. The van der Waals surface area contributed by atoms with Crippen molar-refractivity contribution in [3.05, 3.63) is 70.9 Å². The van der Waals surface area contributed by atoms with Gasteiger partial charge in [0.1, 0.15) is 0 Å². The first kappa shape index (κ1) is 10.4. The molecular formula is C18H18. The van der Waals surface area contributed by atoms with E-state index in [4.69, 9.17) is 0 Å². The summed E-state index contributed by atoms with van der Waals surface area (Å²) in [5.41, 5.74) is 6.21. The molecule has 0 N–H and O–H groups in total. The van der Waals surface area contributed by atoms with Crippen molar-refractivity contribution in [2.75, 3.05) is 0 Å². The zero-order valence-electron chi connectivity index (χ0n) is 10.6. The van der Waals surface area contributed by atoms with Crippen LogP contribution < -0.4 is 0 Å². The number of fused-ring (bicyclic) bond motifs is 3. The lowest BCUT2D eigenvalue weighted by Gasteiger charge is -2.31. The van der Waals surface area contributed by atoms with Crippen LogP contribution in [0.25, 0.3) is 0 Å². The lowest BCUT2D eigenvalue weighted by atomic mass is 9.74. The first-order valence-corrected chi connectivity index (χ1v) is 7.10. The van der Waals surface area contributed by atoms with Gasteiger partial charge in [-0.1, -0.05) is 48.6 Å². The lowest BCUT2D eigenvalue weighted by molar-refractivity contribution is 0.663. The highest BCUT2D eigenvalue weighted by Gasteiger charge is 2.25. The molecule has 2 unspecified atom stereocenters. The molecule has 0 heteroatoms. The Morgan fingerprint density at radius 1 is 0.778 bits per heavy atom. The van der Waals surface area contributed by atoms with Gasteiger partial charge in [0.2, 0.25) is 0 Å². The summed E-state index contributed by atoms with van der Waals surface area (Å²) >= 11 is 0. The summed E-state index contributed by atoms with van der Waals surface area (Å²) in [6, 6.07) is 0. The number of hydrogen-bond donors (Lipinski definition) is 0. The van der Waals surface area contributed by atoms with Crippen LogP contribution >= 0.6 is 0 Å². The van der Waals surface area contributed by atoms with E-state index < -0.39 is 0 Å². The molecule has 4 rings (SSSR count). The van der Waals surface area contributed by atoms with Crippen LogP contribution in [0.4, 0.5) is 0 Å². The monoisotopic (exact) mass is 234 g/mol.